The molecule has 0 radical (unpaired) electrons. The van der Waals surface area contributed by atoms with Gasteiger partial charge in [-0.25, -0.2) is 0 Å². The minimum absolute atomic E-state index is 0.323. The van der Waals surface area contributed by atoms with Crippen LogP contribution in [0.15, 0.2) is 40.2 Å². The van der Waals surface area contributed by atoms with Crippen molar-refractivity contribution in [2.24, 2.45) is 4.99 Å². The molecule has 1 aromatic rings. The van der Waals surface area contributed by atoms with Gasteiger partial charge in [0.2, 0.25) is 0 Å². The van der Waals surface area contributed by atoms with E-state index in [2.05, 4.69) is 64.7 Å². The van der Waals surface area contributed by atoms with E-state index in [1.165, 1.54) is 17.7 Å². The highest BCUT2D eigenvalue weighted by atomic mass is 32.2. The van der Waals surface area contributed by atoms with Crippen LogP contribution in [0.1, 0.15) is 39.5 Å². The summed E-state index contributed by atoms with van der Waals surface area (Å²) in [5.74, 6) is 0.946. The van der Waals surface area contributed by atoms with E-state index in [0.717, 1.165) is 51.6 Å². The highest BCUT2D eigenvalue weighted by molar-refractivity contribution is 8.01. The molecule has 28 heavy (non-hydrogen) atoms. The molecule has 2 fully saturated rings. The average molecular weight is 405 g/mol. The average Bonchev–Trinajstić information content (AvgIpc) is 3.46. The number of hydrogen-bond donors (Lipinski definition) is 2. The van der Waals surface area contributed by atoms with Crippen molar-refractivity contribution in [1.29, 1.82) is 0 Å². The van der Waals surface area contributed by atoms with Gasteiger partial charge in [-0.1, -0.05) is 18.2 Å². The van der Waals surface area contributed by atoms with Crippen LogP contribution in [0, 0.1) is 0 Å². The highest BCUT2D eigenvalue weighted by Crippen LogP contribution is 2.51. The van der Waals surface area contributed by atoms with E-state index in [0.29, 0.717) is 16.9 Å². The van der Waals surface area contributed by atoms with Crippen molar-refractivity contribution in [1.82, 2.24) is 15.5 Å². The van der Waals surface area contributed by atoms with Crippen molar-refractivity contribution in [3.63, 3.8) is 0 Å². The van der Waals surface area contributed by atoms with Gasteiger partial charge in [-0.15, -0.1) is 11.8 Å². The molecule has 0 spiro atoms. The number of benzene rings is 1. The Labute approximate surface area is 174 Å². The Bertz CT molecular complexity index is 610. The fraction of sp³-hybridized carbons (Fsp3) is 0.682. The van der Waals surface area contributed by atoms with E-state index < -0.39 is 0 Å². The molecular weight excluding hydrogens is 368 g/mol. The fourth-order valence-electron chi connectivity index (χ4n) is 3.54. The molecule has 2 N–H and O–H groups in total. The molecule has 0 atom stereocenters. The van der Waals surface area contributed by atoms with Crippen molar-refractivity contribution < 1.29 is 4.74 Å². The second kappa shape index (κ2) is 10.5. The molecular formula is C22H36N4OS. The third kappa shape index (κ3) is 6.98. The molecule has 0 aromatic heterocycles. The molecule has 1 heterocycles. The van der Waals surface area contributed by atoms with Gasteiger partial charge in [-0.3, -0.25) is 4.99 Å². The molecule has 1 aromatic carbocycles. The largest absolute Gasteiger partial charge is 0.377 e. The summed E-state index contributed by atoms with van der Waals surface area (Å²) in [4.78, 5) is 8.33. The molecule has 1 aliphatic carbocycles. The third-order valence-corrected chi connectivity index (χ3v) is 6.97. The van der Waals surface area contributed by atoms with Gasteiger partial charge in [0.05, 0.1) is 12.7 Å². The van der Waals surface area contributed by atoms with Gasteiger partial charge in [0, 0.05) is 48.9 Å². The first kappa shape index (κ1) is 21.5. The molecule has 3 rings (SSSR count). The minimum Gasteiger partial charge on any atom is -0.377 e. The zero-order chi connectivity index (χ0) is 19.8. The van der Waals surface area contributed by atoms with Crippen LogP contribution in [0.3, 0.4) is 0 Å². The first-order valence-electron chi connectivity index (χ1n) is 10.6. The van der Waals surface area contributed by atoms with E-state index >= 15 is 0 Å². The summed E-state index contributed by atoms with van der Waals surface area (Å²) in [6.45, 7) is 9.29. The summed E-state index contributed by atoms with van der Waals surface area (Å²) in [7, 11) is 1.87. The standard InChI is InChI=1S/C22H36N4OS/c1-18(2)27-16-15-26-13-9-19(10-14-26)25-21(23-3)24-17-22(11-12-22)28-20-7-5-4-6-8-20/h4-8,18-19H,9-17H2,1-3H3,(H2,23,24,25). The minimum atomic E-state index is 0.323. The SMILES string of the molecule is CN=C(NCC1(Sc2ccccc2)CC1)NC1CCN(CCOC(C)C)CC1. The summed E-state index contributed by atoms with van der Waals surface area (Å²) < 4.78 is 6.01. The second-order valence-corrected chi connectivity index (χ2v) is 9.75. The predicted molar refractivity (Wildman–Crippen MR) is 119 cm³/mol. The summed E-state index contributed by atoms with van der Waals surface area (Å²) >= 11 is 2.00. The topological polar surface area (TPSA) is 48.9 Å². The summed E-state index contributed by atoms with van der Waals surface area (Å²) in [6.07, 6.45) is 5.18. The number of nitrogens with one attached hydrogen (secondary N) is 2. The molecule has 2 aliphatic rings. The van der Waals surface area contributed by atoms with Crippen LogP contribution in [0.2, 0.25) is 0 Å². The number of hydrogen-bond acceptors (Lipinski definition) is 4. The van der Waals surface area contributed by atoms with Gasteiger partial charge < -0.3 is 20.3 Å². The zero-order valence-corrected chi connectivity index (χ0v) is 18.4. The van der Waals surface area contributed by atoms with Crippen LogP contribution in [0.4, 0.5) is 0 Å². The lowest BCUT2D eigenvalue weighted by Gasteiger charge is -2.33. The fourth-order valence-corrected chi connectivity index (χ4v) is 4.79. The molecule has 5 nitrogen and oxygen atoms in total. The molecule has 0 unspecified atom stereocenters. The highest BCUT2D eigenvalue weighted by Gasteiger charge is 2.43. The summed E-state index contributed by atoms with van der Waals surface area (Å²) in [5.41, 5.74) is 0. The maximum atomic E-state index is 5.68. The zero-order valence-electron chi connectivity index (χ0n) is 17.6. The number of piperidine rings is 1. The Morgan fingerprint density at radius 3 is 2.57 bits per heavy atom. The Kier molecular flexibility index (Phi) is 8.06. The van der Waals surface area contributed by atoms with Crippen molar-refractivity contribution in [2.75, 3.05) is 39.8 Å². The molecule has 0 amide bonds. The van der Waals surface area contributed by atoms with E-state index in [1.807, 2.05) is 18.8 Å². The number of aliphatic imine (C=N–C) groups is 1. The van der Waals surface area contributed by atoms with Gasteiger partial charge >= 0.3 is 0 Å². The number of ether oxygens (including phenoxy) is 1. The Hall–Kier alpha value is -1.24. The van der Waals surface area contributed by atoms with Gasteiger partial charge in [0.1, 0.15) is 0 Å². The lowest BCUT2D eigenvalue weighted by molar-refractivity contribution is 0.0532. The van der Waals surface area contributed by atoms with Crippen LogP contribution in [-0.2, 0) is 4.74 Å². The summed E-state index contributed by atoms with van der Waals surface area (Å²) in [5, 5.41) is 7.22. The van der Waals surface area contributed by atoms with Gasteiger partial charge in [0.15, 0.2) is 5.96 Å². The lowest BCUT2D eigenvalue weighted by atomic mass is 10.1. The number of thioether (sulfide) groups is 1. The van der Waals surface area contributed by atoms with E-state index in [4.69, 9.17) is 4.74 Å². The van der Waals surface area contributed by atoms with Crippen LogP contribution in [0.5, 0.6) is 0 Å². The molecule has 156 valence electrons. The van der Waals surface area contributed by atoms with Crippen LogP contribution in [0.25, 0.3) is 0 Å². The molecule has 6 heteroatoms. The lowest BCUT2D eigenvalue weighted by Crippen LogP contribution is -2.50. The van der Waals surface area contributed by atoms with Crippen molar-refractivity contribution in [3.05, 3.63) is 30.3 Å². The monoisotopic (exact) mass is 404 g/mol. The molecule has 1 saturated carbocycles. The van der Waals surface area contributed by atoms with E-state index in [-0.39, 0.29) is 0 Å². The smallest absolute Gasteiger partial charge is 0.191 e. The predicted octanol–water partition coefficient (Wildman–Crippen LogP) is 3.37. The normalized spacial score (nSPS) is 20.4. The van der Waals surface area contributed by atoms with Crippen LogP contribution >= 0.6 is 11.8 Å². The van der Waals surface area contributed by atoms with Crippen molar-refractivity contribution in [3.8, 4) is 0 Å². The maximum Gasteiger partial charge on any atom is 0.191 e. The maximum absolute atomic E-state index is 5.68. The van der Waals surface area contributed by atoms with E-state index in [1.54, 1.807) is 0 Å². The number of guanidine groups is 1. The van der Waals surface area contributed by atoms with Gasteiger partial charge in [-0.2, -0.15) is 0 Å². The quantitative estimate of drug-likeness (QED) is 0.488. The summed E-state index contributed by atoms with van der Waals surface area (Å²) in [6, 6.07) is 11.2. The van der Waals surface area contributed by atoms with Crippen molar-refractivity contribution >= 4 is 17.7 Å². The third-order valence-electron chi connectivity index (χ3n) is 5.47. The van der Waals surface area contributed by atoms with Crippen LogP contribution < -0.4 is 10.6 Å². The second-order valence-electron chi connectivity index (χ2n) is 8.20. The van der Waals surface area contributed by atoms with Crippen molar-refractivity contribution in [2.45, 2.75) is 61.3 Å². The number of likely N-dealkylation sites (tertiary alicyclic amines) is 1. The Morgan fingerprint density at radius 2 is 1.96 bits per heavy atom. The number of rotatable bonds is 9. The van der Waals surface area contributed by atoms with Gasteiger partial charge in [-0.05, 0) is 51.7 Å². The Balaban J connectivity index is 1.36. The Morgan fingerprint density at radius 1 is 1.25 bits per heavy atom. The molecule has 1 aliphatic heterocycles. The van der Waals surface area contributed by atoms with E-state index in [9.17, 15) is 0 Å². The molecule has 0 bridgehead atoms. The number of nitrogens with zero attached hydrogens (tertiary/aromatic N) is 2. The van der Waals surface area contributed by atoms with Crippen LogP contribution in [-0.4, -0.2) is 67.6 Å². The first-order valence-corrected chi connectivity index (χ1v) is 11.5. The first-order chi connectivity index (χ1) is 13.6. The van der Waals surface area contributed by atoms with Gasteiger partial charge in [0.25, 0.3) is 0 Å². The molecule has 1 saturated heterocycles.